The summed E-state index contributed by atoms with van der Waals surface area (Å²) < 4.78 is 5.39. The summed E-state index contributed by atoms with van der Waals surface area (Å²) in [5.74, 6) is 0.788. The minimum Gasteiger partial charge on any atom is -0.489 e. The van der Waals surface area contributed by atoms with Crippen LogP contribution in [0, 0.1) is 0 Å². The summed E-state index contributed by atoms with van der Waals surface area (Å²) in [5.41, 5.74) is 3.36. The van der Waals surface area contributed by atoms with Gasteiger partial charge in [0.25, 0.3) is 0 Å². The maximum absolute atomic E-state index is 10.2. The molecule has 1 aliphatic rings. The molecule has 2 rings (SSSR count). The lowest BCUT2D eigenvalue weighted by molar-refractivity contribution is 0.304. The van der Waals surface area contributed by atoms with Crippen LogP contribution >= 0.6 is 0 Å². The van der Waals surface area contributed by atoms with E-state index in [1.54, 1.807) is 11.4 Å². The van der Waals surface area contributed by atoms with Crippen LogP contribution in [0.4, 0.5) is 5.69 Å². The first-order valence-electron chi connectivity index (χ1n) is 4.04. The molecule has 0 unspecified atom stereocenters. The molecular formula is C9H9N2O2. The van der Waals surface area contributed by atoms with Crippen molar-refractivity contribution < 1.29 is 9.53 Å². The summed E-state index contributed by atoms with van der Waals surface area (Å²) in [4.78, 5) is 10.2. The third-order valence-electron chi connectivity index (χ3n) is 1.91. The van der Waals surface area contributed by atoms with Crippen molar-refractivity contribution in [2.24, 2.45) is 0 Å². The van der Waals surface area contributed by atoms with E-state index < -0.39 is 0 Å². The van der Waals surface area contributed by atoms with E-state index in [2.05, 4.69) is 5.43 Å². The van der Waals surface area contributed by atoms with Gasteiger partial charge in [-0.1, -0.05) is 12.1 Å². The second kappa shape index (κ2) is 3.35. The highest BCUT2D eigenvalue weighted by Crippen LogP contribution is 2.29. The molecule has 0 saturated heterocycles. The molecule has 1 amide bonds. The van der Waals surface area contributed by atoms with Crippen molar-refractivity contribution in [1.82, 2.24) is 5.43 Å². The molecule has 4 heteroatoms. The van der Waals surface area contributed by atoms with E-state index in [1.807, 2.05) is 24.3 Å². The molecule has 0 spiro atoms. The number of nitrogens with zero attached hydrogens (tertiary/aromatic N) is 1. The average molecular weight is 177 g/mol. The minimum atomic E-state index is 0.575. The van der Waals surface area contributed by atoms with Crippen LogP contribution in [0.2, 0.25) is 0 Å². The quantitative estimate of drug-likeness (QED) is 0.667. The van der Waals surface area contributed by atoms with Gasteiger partial charge in [0.05, 0.1) is 12.2 Å². The first-order chi connectivity index (χ1) is 6.42. The Balaban J connectivity index is 2.31. The van der Waals surface area contributed by atoms with Crippen LogP contribution in [0.25, 0.3) is 0 Å². The van der Waals surface area contributed by atoms with Crippen LogP contribution in [0.5, 0.6) is 5.75 Å². The Morgan fingerprint density at radius 1 is 1.46 bits per heavy atom. The zero-order valence-corrected chi connectivity index (χ0v) is 6.99. The van der Waals surface area contributed by atoms with E-state index in [0.717, 1.165) is 11.4 Å². The monoisotopic (exact) mass is 177 g/mol. The smallest absolute Gasteiger partial charge is 0.329 e. The Morgan fingerprint density at radius 3 is 3.15 bits per heavy atom. The normalized spacial score (nSPS) is 14.3. The van der Waals surface area contributed by atoms with Crippen molar-refractivity contribution in [1.29, 1.82) is 0 Å². The van der Waals surface area contributed by atoms with E-state index >= 15 is 0 Å². The van der Waals surface area contributed by atoms with E-state index in [9.17, 15) is 4.79 Å². The lowest BCUT2D eigenvalue weighted by atomic mass is 10.2. The SMILES string of the molecule is O=[C]NN1CCOc2ccccc21. The molecule has 0 aliphatic carbocycles. The first-order valence-corrected chi connectivity index (χ1v) is 4.04. The van der Waals surface area contributed by atoms with Gasteiger partial charge in [0.2, 0.25) is 0 Å². The van der Waals surface area contributed by atoms with E-state index in [1.165, 1.54) is 0 Å². The van der Waals surface area contributed by atoms with Gasteiger partial charge in [-0.2, -0.15) is 0 Å². The largest absolute Gasteiger partial charge is 0.489 e. The molecule has 1 aromatic rings. The molecule has 0 saturated carbocycles. The fourth-order valence-corrected chi connectivity index (χ4v) is 1.34. The van der Waals surface area contributed by atoms with Crippen LogP contribution in [0.1, 0.15) is 0 Å². The van der Waals surface area contributed by atoms with E-state index in [0.29, 0.717) is 13.2 Å². The highest BCUT2D eigenvalue weighted by Gasteiger charge is 2.16. The van der Waals surface area contributed by atoms with Crippen molar-refractivity contribution in [3.05, 3.63) is 24.3 Å². The standard InChI is InChI=1S/C9H9N2O2/c12-7-10-11-5-6-13-9-4-2-1-3-8(9)11/h1-4H,5-6H2,(H,10,12). The van der Waals surface area contributed by atoms with Crippen molar-refractivity contribution in [2.75, 3.05) is 18.2 Å². The molecule has 1 N–H and O–H groups in total. The second-order valence-electron chi connectivity index (χ2n) is 2.68. The molecule has 0 aromatic heterocycles. The number of hydrogen-bond donors (Lipinski definition) is 1. The predicted molar refractivity (Wildman–Crippen MR) is 48.1 cm³/mol. The molecular weight excluding hydrogens is 168 g/mol. The molecule has 0 bridgehead atoms. The molecule has 4 nitrogen and oxygen atoms in total. The van der Waals surface area contributed by atoms with Crippen LogP contribution in [-0.4, -0.2) is 19.6 Å². The highest BCUT2D eigenvalue weighted by molar-refractivity contribution is 5.63. The van der Waals surface area contributed by atoms with Gasteiger partial charge in [-0.15, -0.1) is 0 Å². The van der Waals surface area contributed by atoms with Crippen molar-refractivity contribution >= 4 is 12.1 Å². The van der Waals surface area contributed by atoms with Crippen LogP contribution in [0.3, 0.4) is 0 Å². The molecule has 13 heavy (non-hydrogen) atoms. The third kappa shape index (κ3) is 1.42. The number of hydrazine groups is 1. The zero-order valence-electron chi connectivity index (χ0n) is 6.99. The number of ether oxygens (including phenoxy) is 1. The van der Waals surface area contributed by atoms with Crippen LogP contribution in [-0.2, 0) is 4.79 Å². The number of hydrogen-bond acceptors (Lipinski definition) is 3. The van der Waals surface area contributed by atoms with Gasteiger partial charge < -0.3 is 4.74 Å². The number of nitrogens with one attached hydrogen (secondary N) is 1. The summed E-state index contributed by atoms with van der Waals surface area (Å²) in [5, 5.41) is 1.71. The molecule has 1 radical (unpaired) electrons. The van der Waals surface area contributed by atoms with E-state index in [4.69, 9.17) is 4.74 Å². The summed E-state index contributed by atoms with van der Waals surface area (Å²) in [7, 11) is 0. The average Bonchev–Trinajstić information content (AvgIpc) is 2.19. The lowest BCUT2D eigenvalue weighted by Gasteiger charge is -2.29. The van der Waals surface area contributed by atoms with E-state index in [-0.39, 0.29) is 0 Å². The highest BCUT2D eigenvalue weighted by atomic mass is 16.5. The number of carbonyl (C=O) groups excluding carboxylic acids is 1. The maximum Gasteiger partial charge on any atom is 0.329 e. The van der Waals surface area contributed by atoms with Crippen molar-refractivity contribution in [3.8, 4) is 5.75 Å². The molecule has 67 valence electrons. The summed E-state index contributed by atoms with van der Waals surface area (Å²) >= 11 is 0. The van der Waals surface area contributed by atoms with Gasteiger partial charge >= 0.3 is 6.41 Å². The van der Waals surface area contributed by atoms with Gasteiger partial charge in [-0.3, -0.25) is 15.2 Å². The summed E-state index contributed by atoms with van der Waals surface area (Å²) in [6.45, 7) is 1.22. The summed E-state index contributed by atoms with van der Waals surface area (Å²) in [6, 6.07) is 7.55. The van der Waals surface area contributed by atoms with Gasteiger partial charge in [0.1, 0.15) is 12.4 Å². The van der Waals surface area contributed by atoms with Crippen LogP contribution in [0.15, 0.2) is 24.3 Å². The number of amides is 1. The first kappa shape index (κ1) is 7.91. The van der Waals surface area contributed by atoms with Crippen LogP contribution < -0.4 is 15.2 Å². The number of para-hydroxylation sites is 2. The molecule has 0 atom stereocenters. The number of rotatable bonds is 2. The Labute approximate surface area is 76.1 Å². The third-order valence-corrected chi connectivity index (χ3v) is 1.91. The van der Waals surface area contributed by atoms with Gasteiger partial charge in [-0.25, -0.2) is 0 Å². The van der Waals surface area contributed by atoms with Gasteiger partial charge in [0, 0.05) is 0 Å². The number of anilines is 1. The Hall–Kier alpha value is -1.71. The molecule has 0 fully saturated rings. The Kier molecular flexibility index (Phi) is 2.04. The lowest BCUT2D eigenvalue weighted by Crippen LogP contribution is -2.42. The van der Waals surface area contributed by atoms with Crippen molar-refractivity contribution in [3.63, 3.8) is 0 Å². The van der Waals surface area contributed by atoms with Crippen molar-refractivity contribution in [2.45, 2.75) is 0 Å². The molecule has 1 heterocycles. The predicted octanol–water partition coefficient (Wildman–Crippen LogP) is 0.457. The topological polar surface area (TPSA) is 41.6 Å². The fourth-order valence-electron chi connectivity index (χ4n) is 1.34. The van der Waals surface area contributed by atoms with Gasteiger partial charge in [-0.05, 0) is 12.1 Å². The minimum absolute atomic E-state index is 0.575. The molecule has 1 aromatic carbocycles. The Morgan fingerprint density at radius 2 is 2.31 bits per heavy atom. The zero-order chi connectivity index (χ0) is 9.10. The summed E-state index contributed by atoms with van der Waals surface area (Å²) in [6.07, 6.45) is 1.65. The van der Waals surface area contributed by atoms with Gasteiger partial charge in [0.15, 0.2) is 0 Å². The molecule has 1 aliphatic heterocycles. The second-order valence-corrected chi connectivity index (χ2v) is 2.68. The Bertz CT molecular complexity index is 314. The maximum atomic E-state index is 10.2. The fraction of sp³-hybridized carbons (Fsp3) is 0.222. The number of fused-ring (bicyclic) bond motifs is 1. The number of benzene rings is 1.